The molecule has 0 saturated heterocycles. The van der Waals surface area contributed by atoms with Crippen LogP contribution in [0.5, 0.6) is 0 Å². The summed E-state index contributed by atoms with van der Waals surface area (Å²) in [5.41, 5.74) is 2.25. The van der Waals surface area contributed by atoms with Crippen LogP contribution in [0.2, 0.25) is 0 Å². The van der Waals surface area contributed by atoms with Gasteiger partial charge in [0.05, 0.1) is 0 Å². The molecule has 3 aromatic carbocycles. The second-order valence-electron chi connectivity index (χ2n) is 6.61. The fraction of sp³-hybridized carbons (Fsp3) is 0.143. The van der Waals surface area contributed by atoms with Gasteiger partial charge in [-0.25, -0.2) is 0 Å². The Morgan fingerprint density at radius 2 is 0.708 bits per heavy atom. The quantitative estimate of drug-likeness (QED) is 0.443. The van der Waals surface area contributed by atoms with Crippen LogP contribution in [-0.2, 0) is 13.3 Å². The van der Waals surface area contributed by atoms with Crippen LogP contribution in [0.15, 0.2) is 91.0 Å². The summed E-state index contributed by atoms with van der Waals surface area (Å²) in [6.07, 6.45) is 0. The van der Waals surface area contributed by atoms with E-state index in [0.717, 1.165) is 16.7 Å². The Morgan fingerprint density at radius 1 is 0.458 bits per heavy atom. The molecule has 3 heteroatoms. The standard InChI is InChI=1S/3C7H7.2FH.Sn/c3*1-7-5-3-2-4-6-7;;;/h3*2-6H,1H2;2*1H;/q;;;;;+1/p-2. The van der Waals surface area contributed by atoms with E-state index in [2.05, 4.69) is 0 Å². The van der Waals surface area contributed by atoms with E-state index in [1.54, 1.807) is 0 Å². The van der Waals surface area contributed by atoms with Crippen molar-refractivity contribution in [1.82, 2.24) is 0 Å². The van der Waals surface area contributed by atoms with E-state index in [1.165, 1.54) is 0 Å². The summed E-state index contributed by atoms with van der Waals surface area (Å²) in [6.45, 7) is 0. The second kappa shape index (κ2) is 7.06. The van der Waals surface area contributed by atoms with Crippen molar-refractivity contribution in [2.75, 3.05) is 0 Å². The van der Waals surface area contributed by atoms with Gasteiger partial charge in [0.2, 0.25) is 0 Å². The molecule has 0 nitrogen and oxygen atoms in total. The van der Waals surface area contributed by atoms with Gasteiger partial charge in [0.15, 0.2) is 0 Å². The molecule has 0 fully saturated rings. The monoisotopic (exact) mass is 431 g/mol. The molecule has 3 aromatic rings. The third-order valence-electron chi connectivity index (χ3n) is 4.29. The van der Waals surface area contributed by atoms with E-state index >= 15 is 5.73 Å². The van der Waals surface area contributed by atoms with Crippen LogP contribution >= 0.6 is 0 Å². The second-order valence-corrected chi connectivity index (χ2v) is 18.9. The number of hydrogen-bond donors (Lipinski definition) is 0. The van der Waals surface area contributed by atoms with Crippen LogP contribution in [0.4, 0.5) is 5.73 Å². The molecular weight excluding hydrogens is 409 g/mol. The Kier molecular flexibility index (Phi) is 5.04. The van der Waals surface area contributed by atoms with Crippen molar-refractivity contribution in [1.29, 1.82) is 0 Å². The molecule has 0 unspecified atom stereocenters. The fourth-order valence-corrected chi connectivity index (χ4v) is 14.0. The molecular formula is C21H21F2Sn-. The van der Waals surface area contributed by atoms with Gasteiger partial charge < -0.3 is 0 Å². The molecule has 0 atom stereocenters. The maximum atomic E-state index is 16.1. The van der Waals surface area contributed by atoms with Gasteiger partial charge >= 0.3 is 145 Å². The number of hydrogen-bond acceptors (Lipinski definition) is 0. The summed E-state index contributed by atoms with van der Waals surface area (Å²) in [4.78, 5) is 0. The Balaban J connectivity index is 1.95. The SMILES string of the molecule is [F][Sn-]([F])([CH2]c1ccccc1)([CH2]c1ccccc1)[CH2]c1ccccc1. The van der Waals surface area contributed by atoms with Crippen molar-refractivity contribution < 1.29 is 5.73 Å². The van der Waals surface area contributed by atoms with Crippen LogP contribution in [0.25, 0.3) is 0 Å². The van der Waals surface area contributed by atoms with Gasteiger partial charge in [-0.15, -0.1) is 0 Å². The molecule has 124 valence electrons. The van der Waals surface area contributed by atoms with E-state index in [1.807, 2.05) is 91.0 Å². The summed E-state index contributed by atoms with van der Waals surface area (Å²) in [7, 11) is 0. The van der Waals surface area contributed by atoms with Gasteiger partial charge in [-0.3, -0.25) is 0 Å². The summed E-state index contributed by atoms with van der Waals surface area (Å²) < 4.78 is 32.0. The minimum atomic E-state index is -6.00. The third kappa shape index (κ3) is 4.66. The van der Waals surface area contributed by atoms with Crippen LogP contribution in [-0.4, -0.2) is 18.1 Å². The van der Waals surface area contributed by atoms with Gasteiger partial charge in [-0.05, 0) is 0 Å². The van der Waals surface area contributed by atoms with E-state index in [9.17, 15) is 0 Å². The first-order valence-corrected chi connectivity index (χ1v) is 16.4. The molecule has 0 aromatic heterocycles. The third-order valence-corrected chi connectivity index (χ3v) is 14.4. The molecule has 3 rings (SSSR count). The van der Waals surface area contributed by atoms with Gasteiger partial charge in [0.1, 0.15) is 0 Å². The van der Waals surface area contributed by atoms with Crippen LogP contribution in [0, 0.1) is 0 Å². The normalized spacial score (nSPS) is 13.2. The molecule has 0 aliphatic carbocycles. The molecule has 0 aliphatic heterocycles. The summed E-state index contributed by atoms with van der Waals surface area (Å²) in [6, 6.07) is 27.6. The van der Waals surface area contributed by atoms with E-state index in [0.29, 0.717) is 0 Å². The van der Waals surface area contributed by atoms with Crippen LogP contribution < -0.4 is 0 Å². The van der Waals surface area contributed by atoms with Crippen molar-refractivity contribution in [3.63, 3.8) is 0 Å². The number of benzene rings is 3. The molecule has 0 heterocycles. The van der Waals surface area contributed by atoms with E-state index in [4.69, 9.17) is 0 Å². The van der Waals surface area contributed by atoms with E-state index < -0.39 is 18.1 Å². The first-order valence-electron chi connectivity index (χ1n) is 8.23. The van der Waals surface area contributed by atoms with Gasteiger partial charge in [0, 0.05) is 0 Å². The Bertz CT molecular complexity index is 663. The van der Waals surface area contributed by atoms with Gasteiger partial charge in [-0.2, -0.15) is 0 Å². The zero-order chi connectivity index (χ0) is 16.9. The van der Waals surface area contributed by atoms with E-state index in [-0.39, 0.29) is 13.3 Å². The van der Waals surface area contributed by atoms with Gasteiger partial charge in [-0.1, -0.05) is 0 Å². The molecule has 0 spiro atoms. The molecule has 0 amide bonds. The molecule has 0 aliphatic rings. The van der Waals surface area contributed by atoms with Crippen molar-refractivity contribution in [2.24, 2.45) is 0 Å². The first kappa shape index (κ1) is 17.2. The fourth-order valence-electron chi connectivity index (χ4n) is 3.30. The average molecular weight is 430 g/mol. The Labute approximate surface area is 144 Å². The summed E-state index contributed by atoms with van der Waals surface area (Å²) in [5.74, 6) is 0. The summed E-state index contributed by atoms with van der Waals surface area (Å²) in [5, 5.41) is 0. The molecule has 0 N–H and O–H groups in total. The Morgan fingerprint density at radius 3 is 0.958 bits per heavy atom. The Hall–Kier alpha value is -1.68. The average Bonchev–Trinajstić information content (AvgIpc) is 2.56. The predicted molar refractivity (Wildman–Crippen MR) is 98.4 cm³/mol. The summed E-state index contributed by atoms with van der Waals surface area (Å²) >= 11 is -6.00. The van der Waals surface area contributed by atoms with Crippen molar-refractivity contribution in [2.45, 2.75) is 13.3 Å². The van der Waals surface area contributed by atoms with Crippen LogP contribution in [0.3, 0.4) is 0 Å². The molecule has 0 radical (unpaired) electrons. The number of rotatable bonds is 6. The van der Waals surface area contributed by atoms with Crippen LogP contribution in [0.1, 0.15) is 16.7 Å². The van der Waals surface area contributed by atoms with Crippen molar-refractivity contribution in [3.8, 4) is 0 Å². The van der Waals surface area contributed by atoms with Gasteiger partial charge in [0.25, 0.3) is 0 Å². The minimum absolute atomic E-state index is 0.0635. The zero-order valence-corrected chi connectivity index (χ0v) is 16.4. The predicted octanol–water partition coefficient (Wildman–Crippen LogP) is 5.67. The number of halogens is 2. The maximum absolute atomic E-state index is 16.1. The first-order chi connectivity index (χ1) is 11.5. The van der Waals surface area contributed by atoms with Crippen molar-refractivity contribution in [3.05, 3.63) is 108 Å². The zero-order valence-electron chi connectivity index (χ0n) is 13.5. The topological polar surface area (TPSA) is 0 Å². The van der Waals surface area contributed by atoms with Crippen molar-refractivity contribution >= 4 is 18.1 Å². The molecule has 0 bridgehead atoms. The molecule has 0 saturated carbocycles. The molecule has 24 heavy (non-hydrogen) atoms.